The third-order valence-corrected chi connectivity index (χ3v) is 4.03. The van der Waals surface area contributed by atoms with Crippen molar-refractivity contribution in [1.29, 1.82) is 0 Å². The lowest BCUT2D eigenvalue weighted by Crippen LogP contribution is -2.10. The van der Waals surface area contributed by atoms with Crippen LogP contribution in [0.1, 0.15) is 31.9 Å². The van der Waals surface area contributed by atoms with Gasteiger partial charge in [0.2, 0.25) is 0 Å². The van der Waals surface area contributed by atoms with E-state index in [1.807, 2.05) is 36.5 Å². The molecule has 0 saturated heterocycles. The molecule has 0 aliphatic carbocycles. The molecule has 3 rings (SSSR count). The van der Waals surface area contributed by atoms with Crippen LogP contribution in [-0.2, 0) is 12.0 Å². The molecule has 0 radical (unpaired) electrons. The van der Waals surface area contributed by atoms with E-state index in [4.69, 9.17) is 4.74 Å². The first-order valence-corrected chi connectivity index (χ1v) is 8.27. The van der Waals surface area contributed by atoms with E-state index < -0.39 is 0 Å². The van der Waals surface area contributed by atoms with E-state index in [1.165, 1.54) is 5.56 Å². The normalized spacial score (nSPS) is 11.3. The summed E-state index contributed by atoms with van der Waals surface area (Å²) in [6, 6.07) is 22.7. The molecule has 0 spiro atoms. The summed E-state index contributed by atoms with van der Waals surface area (Å²) in [5, 5.41) is 0. The van der Waals surface area contributed by atoms with Crippen LogP contribution >= 0.6 is 0 Å². The van der Waals surface area contributed by atoms with Gasteiger partial charge in [0.25, 0.3) is 0 Å². The molecule has 0 bridgehead atoms. The Kier molecular flexibility index (Phi) is 4.66. The molecule has 1 aromatic heterocycles. The molecule has 0 fully saturated rings. The van der Waals surface area contributed by atoms with Gasteiger partial charge in [-0.2, -0.15) is 0 Å². The van der Waals surface area contributed by atoms with E-state index >= 15 is 0 Å². The Morgan fingerprint density at radius 3 is 2.21 bits per heavy atom. The fourth-order valence-corrected chi connectivity index (χ4v) is 2.59. The van der Waals surface area contributed by atoms with Gasteiger partial charge in [0, 0.05) is 11.8 Å². The Morgan fingerprint density at radius 1 is 0.833 bits per heavy atom. The molecule has 0 amide bonds. The maximum absolute atomic E-state index is 6.01. The molecular weight excluding hydrogens is 294 g/mol. The van der Waals surface area contributed by atoms with E-state index in [0.717, 1.165) is 22.6 Å². The number of ether oxygens (including phenoxy) is 1. The zero-order chi connectivity index (χ0) is 17.0. The minimum absolute atomic E-state index is 0.148. The van der Waals surface area contributed by atoms with E-state index in [1.54, 1.807) is 0 Å². The van der Waals surface area contributed by atoms with Gasteiger partial charge < -0.3 is 4.74 Å². The lowest BCUT2D eigenvalue weighted by atomic mass is 9.86. The second kappa shape index (κ2) is 6.88. The molecule has 0 N–H and O–H groups in total. The quantitative estimate of drug-likeness (QED) is 0.622. The van der Waals surface area contributed by atoms with Crippen LogP contribution in [0.15, 0.2) is 72.9 Å². The number of rotatable bonds is 4. The van der Waals surface area contributed by atoms with Crippen molar-refractivity contribution in [2.24, 2.45) is 0 Å². The van der Waals surface area contributed by atoms with E-state index in [0.29, 0.717) is 6.61 Å². The summed E-state index contributed by atoms with van der Waals surface area (Å²) in [7, 11) is 0. The van der Waals surface area contributed by atoms with Gasteiger partial charge in [-0.05, 0) is 28.7 Å². The van der Waals surface area contributed by atoms with Crippen molar-refractivity contribution in [3.63, 3.8) is 0 Å². The number of benzene rings is 2. The number of aromatic nitrogens is 1. The van der Waals surface area contributed by atoms with Gasteiger partial charge in [0.05, 0.1) is 0 Å². The Hall–Kier alpha value is -2.61. The van der Waals surface area contributed by atoms with Gasteiger partial charge in [-0.25, -0.2) is 0 Å². The Morgan fingerprint density at radius 2 is 1.54 bits per heavy atom. The highest BCUT2D eigenvalue weighted by molar-refractivity contribution is 5.66. The van der Waals surface area contributed by atoms with E-state index in [9.17, 15) is 0 Å². The number of hydrogen-bond donors (Lipinski definition) is 0. The molecule has 24 heavy (non-hydrogen) atoms. The van der Waals surface area contributed by atoms with Crippen LogP contribution in [0.2, 0.25) is 0 Å². The van der Waals surface area contributed by atoms with Crippen molar-refractivity contribution in [2.45, 2.75) is 32.8 Å². The molecule has 122 valence electrons. The highest BCUT2D eigenvalue weighted by Gasteiger charge is 2.14. The van der Waals surface area contributed by atoms with Gasteiger partial charge >= 0.3 is 0 Å². The van der Waals surface area contributed by atoms with E-state index in [2.05, 4.69) is 62.2 Å². The van der Waals surface area contributed by atoms with Crippen LogP contribution in [0, 0.1) is 0 Å². The average Bonchev–Trinajstić information content (AvgIpc) is 2.60. The van der Waals surface area contributed by atoms with Crippen molar-refractivity contribution >= 4 is 0 Å². The summed E-state index contributed by atoms with van der Waals surface area (Å²) in [5.74, 6) is 0.810. The molecule has 0 aliphatic rings. The molecule has 0 atom stereocenters. The lowest BCUT2D eigenvalue weighted by Gasteiger charge is -2.19. The second-order valence-corrected chi connectivity index (χ2v) is 6.95. The summed E-state index contributed by atoms with van der Waals surface area (Å²) < 4.78 is 6.01. The van der Waals surface area contributed by atoms with Crippen LogP contribution in [0.5, 0.6) is 5.75 Å². The summed E-state index contributed by atoms with van der Waals surface area (Å²) in [6.07, 6.45) is 1.81. The molecule has 2 aromatic carbocycles. The standard InChI is InChI=1S/C22H23NO/c1-22(2,3)19-13-11-18(12-14-19)21-20(10-7-15-23-21)24-16-17-8-5-4-6-9-17/h4-15H,16H2,1-3H3. The first kappa shape index (κ1) is 16.3. The van der Waals surface area contributed by atoms with Crippen molar-refractivity contribution < 1.29 is 4.74 Å². The zero-order valence-corrected chi connectivity index (χ0v) is 14.5. The molecule has 2 heteroatoms. The van der Waals surface area contributed by atoms with Gasteiger partial charge in [-0.3, -0.25) is 4.98 Å². The Labute approximate surface area is 144 Å². The van der Waals surface area contributed by atoms with Crippen LogP contribution in [0.3, 0.4) is 0 Å². The Balaban J connectivity index is 1.84. The summed E-state index contributed by atoms with van der Waals surface area (Å²) in [5.41, 5.74) is 4.57. The summed E-state index contributed by atoms with van der Waals surface area (Å²) in [6.45, 7) is 7.20. The molecule has 3 aromatic rings. The predicted molar refractivity (Wildman–Crippen MR) is 99.1 cm³/mol. The topological polar surface area (TPSA) is 22.1 Å². The molecule has 2 nitrogen and oxygen atoms in total. The fourth-order valence-electron chi connectivity index (χ4n) is 2.59. The van der Waals surface area contributed by atoms with E-state index in [-0.39, 0.29) is 5.41 Å². The molecular formula is C22H23NO. The number of nitrogens with zero attached hydrogens (tertiary/aromatic N) is 1. The Bertz CT molecular complexity index is 786. The van der Waals surface area contributed by atoms with Gasteiger partial charge in [-0.1, -0.05) is 75.4 Å². The lowest BCUT2D eigenvalue weighted by molar-refractivity contribution is 0.306. The molecule has 0 unspecified atom stereocenters. The van der Waals surface area contributed by atoms with Crippen molar-refractivity contribution in [1.82, 2.24) is 4.98 Å². The average molecular weight is 317 g/mol. The van der Waals surface area contributed by atoms with Gasteiger partial charge in [0.15, 0.2) is 0 Å². The largest absolute Gasteiger partial charge is 0.487 e. The number of pyridine rings is 1. The number of hydrogen-bond acceptors (Lipinski definition) is 2. The minimum Gasteiger partial charge on any atom is -0.487 e. The van der Waals surface area contributed by atoms with Crippen LogP contribution in [-0.4, -0.2) is 4.98 Å². The predicted octanol–water partition coefficient (Wildman–Crippen LogP) is 5.63. The molecule has 1 heterocycles. The third kappa shape index (κ3) is 3.83. The highest BCUT2D eigenvalue weighted by Crippen LogP contribution is 2.30. The van der Waals surface area contributed by atoms with Crippen molar-refractivity contribution in [2.75, 3.05) is 0 Å². The fraction of sp³-hybridized carbons (Fsp3) is 0.227. The first-order valence-electron chi connectivity index (χ1n) is 8.27. The zero-order valence-electron chi connectivity index (χ0n) is 14.5. The summed E-state index contributed by atoms with van der Waals surface area (Å²) in [4.78, 5) is 4.53. The summed E-state index contributed by atoms with van der Waals surface area (Å²) >= 11 is 0. The van der Waals surface area contributed by atoms with Gasteiger partial charge in [-0.15, -0.1) is 0 Å². The smallest absolute Gasteiger partial charge is 0.146 e. The molecule has 0 aliphatic heterocycles. The van der Waals surface area contributed by atoms with Gasteiger partial charge in [0.1, 0.15) is 18.1 Å². The van der Waals surface area contributed by atoms with Crippen molar-refractivity contribution in [3.05, 3.63) is 84.1 Å². The van der Waals surface area contributed by atoms with Crippen molar-refractivity contribution in [3.8, 4) is 17.0 Å². The first-order chi connectivity index (χ1) is 11.5. The molecule has 0 saturated carbocycles. The second-order valence-electron chi connectivity index (χ2n) is 6.95. The maximum atomic E-state index is 6.01. The minimum atomic E-state index is 0.148. The highest BCUT2D eigenvalue weighted by atomic mass is 16.5. The SMILES string of the molecule is CC(C)(C)c1ccc(-c2ncccc2OCc2ccccc2)cc1. The monoisotopic (exact) mass is 317 g/mol. The van der Waals surface area contributed by atoms with Crippen LogP contribution < -0.4 is 4.74 Å². The third-order valence-electron chi connectivity index (χ3n) is 4.03. The van der Waals surface area contributed by atoms with Crippen LogP contribution in [0.25, 0.3) is 11.3 Å². The van der Waals surface area contributed by atoms with Crippen LogP contribution in [0.4, 0.5) is 0 Å². The maximum Gasteiger partial charge on any atom is 0.146 e.